The highest BCUT2D eigenvalue weighted by Gasteiger charge is 2.57. The van der Waals surface area contributed by atoms with Crippen molar-refractivity contribution in [2.24, 2.45) is 7.05 Å². The van der Waals surface area contributed by atoms with E-state index in [-0.39, 0.29) is 34.4 Å². The van der Waals surface area contributed by atoms with E-state index in [0.717, 1.165) is 0 Å². The molecule has 0 saturated carbocycles. The second kappa shape index (κ2) is 7.72. The molecule has 0 aliphatic rings. The fraction of sp³-hybridized carbons (Fsp3) is 0.600. The summed E-state index contributed by atoms with van der Waals surface area (Å²) in [6.07, 6.45) is -0.656. The van der Waals surface area contributed by atoms with Gasteiger partial charge in [0.25, 0.3) is 19.7 Å². The largest absolute Gasteiger partial charge is 0.503 e. The lowest BCUT2D eigenvalue weighted by Gasteiger charge is -2.14. The van der Waals surface area contributed by atoms with Crippen molar-refractivity contribution in [2.75, 3.05) is 0 Å². The number of nitriles is 1. The molecule has 156 valence electrons. The maximum absolute atomic E-state index is 12.9. The number of unbranched alkanes of at least 4 members (excludes halogenated alkanes) is 1. The van der Waals surface area contributed by atoms with Gasteiger partial charge in [0.05, 0.1) is 6.07 Å². The molecule has 0 saturated heterocycles. The summed E-state index contributed by atoms with van der Waals surface area (Å²) in [6.45, 7) is -0.793. The van der Waals surface area contributed by atoms with Crippen LogP contribution in [-0.4, -0.2) is 37.0 Å². The first-order valence-electron chi connectivity index (χ1n) is 6.35. The van der Waals surface area contributed by atoms with E-state index in [9.17, 15) is 43.2 Å². The molecule has 0 aromatic carbocycles. The Labute approximate surface area is 154 Å². The van der Waals surface area contributed by atoms with Crippen LogP contribution in [0.15, 0.2) is 10.1 Å². The Balaban J connectivity index is 0.00000676. The van der Waals surface area contributed by atoms with Gasteiger partial charge in [-0.3, -0.25) is 5.41 Å². The lowest BCUT2D eigenvalue weighted by atomic mass is 10.3. The molecular weight excluding hydrogens is 454 g/mol. The zero-order valence-corrected chi connectivity index (χ0v) is 15.5. The molecule has 0 radical (unpaired) electrons. The van der Waals surface area contributed by atoms with Gasteiger partial charge < -0.3 is 9.13 Å². The van der Waals surface area contributed by atoms with Crippen LogP contribution in [0.4, 0.5) is 26.3 Å². The second-order valence-electron chi connectivity index (χ2n) is 4.80. The Hall–Kier alpha value is -1.73. The average molecular weight is 465 g/mol. The van der Waals surface area contributed by atoms with Gasteiger partial charge in [-0.05, 0) is 6.42 Å². The van der Waals surface area contributed by atoms with Crippen LogP contribution in [0.1, 0.15) is 12.8 Å². The van der Waals surface area contributed by atoms with Gasteiger partial charge in [-0.2, -0.15) is 31.6 Å². The summed E-state index contributed by atoms with van der Waals surface area (Å²) >= 11 is 0. The zero-order chi connectivity index (χ0) is 20.7. The molecule has 0 aliphatic heterocycles. The molecule has 1 heterocycles. The fourth-order valence-corrected chi connectivity index (χ4v) is 4.65. The van der Waals surface area contributed by atoms with E-state index in [0.29, 0.717) is 7.05 Å². The van der Waals surface area contributed by atoms with Crippen molar-refractivity contribution >= 4 is 32.1 Å². The van der Waals surface area contributed by atoms with Crippen LogP contribution in [0, 0.1) is 16.7 Å². The maximum atomic E-state index is 12.9. The van der Waals surface area contributed by atoms with Gasteiger partial charge in [0.15, 0.2) is 10.1 Å². The van der Waals surface area contributed by atoms with Gasteiger partial charge in [-0.15, -0.1) is 12.4 Å². The number of rotatable bonds is 5. The minimum atomic E-state index is -6.56. The van der Waals surface area contributed by atoms with Crippen molar-refractivity contribution in [3.05, 3.63) is 5.62 Å². The van der Waals surface area contributed by atoms with Crippen molar-refractivity contribution in [3.63, 3.8) is 0 Å². The Morgan fingerprint density at radius 1 is 1.00 bits per heavy atom. The minimum Gasteiger partial charge on any atom is -0.303 e. The third-order valence-electron chi connectivity index (χ3n) is 3.09. The second-order valence-corrected chi connectivity index (χ2v) is 8.52. The summed E-state index contributed by atoms with van der Waals surface area (Å²) in [5.41, 5.74) is -13.5. The van der Waals surface area contributed by atoms with E-state index in [2.05, 4.69) is 0 Å². The van der Waals surface area contributed by atoms with E-state index in [1.807, 2.05) is 0 Å². The van der Waals surface area contributed by atoms with Crippen LogP contribution in [0.3, 0.4) is 0 Å². The summed E-state index contributed by atoms with van der Waals surface area (Å²) in [5, 5.41) is 11.5. The van der Waals surface area contributed by atoms with Gasteiger partial charge in [0, 0.05) is 20.0 Å². The van der Waals surface area contributed by atoms with Crippen LogP contribution < -0.4 is 5.62 Å². The lowest BCUT2D eigenvalue weighted by Crippen LogP contribution is -2.31. The molecule has 0 spiro atoms. The first kappa shape index (κ1) is 25.3. The molecule has 1 rings (SSSR count). The number of alkyl halides is 6. The number of hydrogen-bond donors (Lipinski definition) is 1. The number of aromatic nitrogens is 2. The highest BCUT2D eigenvalue weighted by Crippen LogP contribution is 2.38. The van der Waals surface area contributed by atoms with Gasteiger partial charge in [0.1, 0.15) is 0 Å². The number of halogens is 7. The van der Waals surface area contributed by atoms with Crippen molar-refractivity contribution in [3.8, 4) is 6.07 Å². The molecule has 0 unspecified atom stereocenters. The molecule has 0 aliphatic carbocycles. The molecule has 1 aromatic heterocycles. The zero-order valence-electron chi connectivity index (χ0n) is 13.1. The van der Waals surface area contributed by atoms with Gasteiger partial charge in [-0.25, -0.2) is 16.8 Å². The van der Waals surface area contributed by atoms with E-state index >= 15 is 0 Å². The van der Waals surface area contributed by atoms with Crippen LogP contribution in [-0.2, 0) is 33.3 Å². The molecule has 0 fully saturated rings. The normalized spacial score (nSPS) is 13.1. The van der Waals surface area contributed by atoms with E-state index in [4.69, 9.17) is 10.7 Å². The quantitative estimate of drug-likeness (QED) is 0.523. The summed E-state index contributed by atoms with van der Waals surface area (Å²) in [4.78, 5) is 0. The van der Waals surface area contributed by atoms with Gasteiger partial charge in [0.2, 0.25) is 5.62 Å². The summed E-state index contributed by atoms with van der Waals surface area (Å²) in [7, 11) is -12.6. The molecule has 17 heteroatoms. The SMILES string of the molecule is Cl.Cn1c(S(=O)(=O)C(F)(F)F)c(S(=O)(=O)C(F)(F)F)n(CCCC#N)c1=N. The minimum absolute atomic E-state index is 0. The van der Waals surface area contributed by atoms with Crippen LogP contribution in [0.25, 0.3) is 0 Å². The number of nitrogens with one attached hydrogen (secondary N) is 1. The molecule has 0 atom stereocenters. The molecule has 27 heavy (non-hydrogen) atoms. The van der Waals surface area contributed by atoms with Crippen LogP contribution >= 0.6 is 12.4 Å². The van der Waals surface area contributed by atoms with Crippen molar-refractivity contribution in [1.82, 2.24) is 9.13 Å². The van der Waals surface area contributed by atoms with Crippen molar-refractivity contribution in [2.45, 2.75) is 40.5 Å². The third kappa shape index (κ3) is 4.24. The molecule has 8 nitrogen and oxygen atoms in total. The third-order valence-corrected chi connectivity index (χ3v) is 6.34. The van der Waals surface area contributed by atoms with Crippen molar-refractivity contribution < 1.29 is 43.2 Å². The predicted molar refractivity (Wildman–Crippen MR) is 77.8 cm³/mol. The summed E-state index contributed by atoms with van der Waals surface area (Å²) in [6, 6.07) is 1.57. The standard InChI is InChI=1S/C10H10F6N4O4S2.ClH/c1-19-6(25(21,22)9(11,12)13)7(26(23,24)10(14,15)16)20(8(19)18)5-3-2-4-17;/h18H,2-3,5H2,1H3;1H. The Morgan fingerprint density at radius 3 is 1.78 bits per heavy atom. The van der Waals surface area contributed by atoms with Gasteiger partial charge in [-0.1, -0.05) is 0 Å². The van der Waals surface area contributed by atoms with E-state index in [1.165, 1.54) is 0 Å². The molecule has 0 amide bonds. The molecule has 1 aromatic rings. The highest BCUT2D eigenvalue weighted by molar-refractivity contribution is 7.95. The number of imidazole rings is 1. The van der Waals surface area contributed by atoms with Crippen LogP contribution in [0.2, 0.25) is 0 Å². The summed E-state index contributed by atoms with van der Waals surface area (Å²) < 4.78 is 124. The Kier molecular flexibility index (Phi) is 7.22. The smallest absolute Gasteiger partial charge is 0.303 e. The van der Waals surface area contributed by atoms with E-state index < -0.39 is 52.9 Å². The average Bonchev–Trinajstić information content (AvgIpc) is 2.70. The number of nitrogens with zero attached hydrogens (tertiary/aromatic N) is 3. The monoisotopic (exact) mass is 464 g/mol. The van der Waals surface area contributed by atoms with Crippen molar-refractivity contribution in [1.29, 1.82) is 10.7 Å². The Bertz CT molecular complexity index is 1010. The Morgan fingerprint density at radius 2 is 1.41 bits per heavy atom. The number of sulfone groups is 2. The number of hydrogen-bond acceptors (Lipinski definition) is 6. The molecule has 1 N–H and O–H groups in total. The van der Waals surface area contributed by atoms with Gasteiger partial charge >= 0.3 is 11.0 Å². The maximum Gasteiger partial charge on any atom is 0.503 e. The molecule has 0 bridgehead atoms. The first-order chi connectivity index (χ1) is 11.5. The lowest BCUT2D eigenvalue weighted by molar-refractivity contribution is -0.0462. The van der Waals surface area contributed by atoms with Crippen LogP contribution in [0.5, 0.6) is 0 Å². The highest BCUT2D eigenvalue weighted by atomic mass is 35.5. The first-order valence-corrected chi connectivity index (χ1v) is 9.32. The summed E-state index contributed by atoms with van der Waals surface area (Å²) in [5.74, 6) is 0. The predicted octanol–water partition coefficient (Wildman–Crippen LogP) is 1.62. The molecular formula is C10H11ClF6N4O4S2. The topological polar surface area (TPSA) is 126 Å². The fourth-order valence-electron chi connectivity index (χ4n) is 1.93. The van der Waals surface area contributed by atoms with E-state index in [1.54, 1.807) is 6.07 Å².